The van der Waals surface area contributed by atoms with Gasteiger partial charge in [0.2, 0.25) is 0 Å². The van der Waals surface area contributed by atoms with Crippen molar-refractivity contribution in [2.24, 2.45) is 0 Å². The maximum Gasteiger partial charge on any atom is 0.342 e. The quantitative estimate of drug-likeness (QED) is 0.795. The lowest BCUT2D eigenvalue weighted by Crippen LogP contribution is -2.21. The molecule has 25 heavy (non-hydrogen) atoms. The smallest absolute Gasteiger partial charge is 0.342 e. The average Bonchev–Trinajstić information content (AvgIpc) is 2.61. The third-order valence-electron chi connectivity index (χ3n) is 3.36. The summed E-state index contributed by atoms with van der Waals surface area (Å²) in [6, 6.07) is 9.90. The lowest BCUT2D eigenvalue weighted by molar-refractivity contribution is -0.119. The molecule has 1 amide bonds. The molecule has 6 nitrogen and oxygen atoms in total. The van der Waals surface area contributed by atoms with Gasteiger partial charge in [-0.25, -0.2) is 4.79 Å². The van der Waals surface area contributed by atoms with Crippen molar-refractivity contribution in [3.63, 3.8) is 0 Å². The molecule has 0 fully saturated rings. The van der Waals surface area contributed by atoms with Crippen LogP contribution in [0.3, 0.4) is 0 Å². The Labute approximate surface area is 150 Å². The summed E-state index contributed by atoms with van der Waals surface area (Å²) in [6.07, 6.45) is 0. The summed E-state index contributed by atoms with van der Waals surface area (Å²) in [5.74, 6) is -0.331. The minimum Gasteiger partial charge on any atom is -0.497 e. The molecule has 0 saturated carbocycles. The van der Waals surface area contributed by atoms with Crippen molar-refractivity contribution in [2.75, 3.05) is 26.1 Å². The highest BCUT2D eigenvalue weighted by molar-refractivity contribution is 6.33. The summed E-state index contributed by atoms with van der Waals surface area (Å²) in [6.45, 7) is 1.44. The van der Waals surface area contributed by atoms with Crippen LogP contribution >= 0.6 is 11.6 Å². The molecule has 0 aromatic heterocycles. The second kappa shape index (κ2) is 8.39. The Morgan fingerprint density at radius 2 is 1.84 bits per heavy atom. The van der Waals surface area contributed by atoms with Crippen molar-refractivity contribution in [2.45, 2.75) is 6.92 Å². The summed E-state index contributed by atoms with van der Waals surface area (Å²) in [5, 5.41) is 3.01. The molecule has 0 spiro atoms. The van der Waals surface area contributed by atoms with Crippen LogP contribution < -0.4 is 14.8 Å². The topological polar surface area (TPSA) is 73.9 Å². The number of carbonyl (C=O) groups is 2. The van der Waals surface area contributed by atoms with Crippen molar-refractivity contribution >= 4 is 29.2 Å². The van der Waals surface area contributed by atoms with E-state index in [1.807, 2.05) is 13.0 Å². The van der Waals surface area contributed by atoms with Gasteiger partial charge in [0.25, 0.3) is 5.91 Å². The average molecular weight is 364 g/mol. The van der Waals surface area contributed by atoms with E-state index in [0.29, 0.717) is 22.2 Å². The number of amides is 1. The summed E-state index contributed by atoms with van der Waals surface area (Å²) >= 11 is 6.05. The summed E-state index contributed by atoms with van der Waals surface area (Å²) in [4.78, 5) is 24.1. The van der Waals surface area contributed by atoms with Crippen molar-refractivity contribution < 1.29 is 23.8 Å². The van der Waals surface area contributed by atoms with Gasteiger partial charge in [0.1, 0.15) is 17.1 Å². The van der Waals surface area contributed by atoms with Gasteiger partial charge in [0.15, 0.2) is 6.61 Å². The van der Waals surface area contributed by atoms with Gasteiger partial charge < -0.3 is 19.5 Å². The molecule has 0 aliphatic rings. The lowest BCUT2D eigenvalue weighted by atomic mass is 10.2. The maximum absolute atomic E-state index is 12.1. The van der Waals surface area contributed by atoms with Crippen LogP contribution in [0.1, 0.15) is 15.9 Å². The van der Waals surface area contributed by atoms with Gasteiger partial charge in [-0.15, -0.1) is 0 Å². The van der Waals surface area contributed by atoms with E-state index in [4.69, 9.17) is 25.8 Å². The second-order valence-corrected chi connectivity index (χ2v) is 5.58. The SMILES string of the molecule is COc1ccc(C(=O)OCC(=O)Nc2ccc(C)cc2Cl)c(OC)c1. The Kier molecular flexibility index (Phi) is 6.25. The van der Waals surface area contributed by atoms with Crippen LogP contribution in [0.5, 0.6) is 11.5 Å². The van der Waals surface area contributed by atoms with Gasteiger partial charge in [-0.1, -0.05) is 17.7 Å². The molecular formula is C18H18ClNO5. The fourth-order valence-electron chi connectivity index (χ4n) is 2.08. The molecule has 0 radical (unpaired) electrons. The number of esters is 1. The minimum atomic E-state index is -0.676. The minimum absolute atomic E-state index is 0.199. The highest BCUT2D eigenvalue weighted by Crippen LogP contribution is 2.25. The Hall–Kier alpha value is -2.73. The van der Waals surface area contributed by atoms with Crippen molar-refractivity contribution in [3.05, 3.63) is 52.5 Å². The highest BCUT2D eigenvalue weighted by Gasteiger charge is 2.16. The van der Waals surface area contributed by atoms with Crippen molar-refractivity contribution in [1.29, 1.82) is 0 Å². The molecule has 2 rings (SSSR count). The van der Waals surface area contributed by atoms with E-state index in [9.17, 15) is 9.59 Å². The predicted molar refractivity (Wildman–Crippen MR) is 94.6 cm³/mol. The molecule has 0 unspecified atom stereocenters. The summed E-state index contributed by atoms with van der Waals surface area (Å²) in [5.41, 5.74) is 1.63. The molecule has 1 N–H and O–H groups in total. The van der Waals surface area contributed by atoms with E-state index < -0.39 is 18.5 Å². The second-order valence-electron chi connectivity index (χ2n) is 5.17. The zero-order valence-electron chi connectivity index (χ0n) is 14.1. The number of benzene rings is 2. The zero-order valence-corrected chi connectivity index (χ0v) is 14.8. The maximum atomic E-state index is 12.1. The first-order valence-electron chi connectivity index (χ1n) is 7.39. The fourth-order valence-corrected chi connectivity index (χ4v) is 2.37. The van der Waals surface area contributed by atoms with E-state index in [0.717, 1.165) is 5.56 Å². The van der Waals surface area contributed by atoms with E-state index >= 15 is 0 Å². The van der Waals surface area contributed by atoms with Gasteiger partial charge >= 0.3 is 5.97 Å². The molecule has 7 heteroatoms. The van der Waals surface area contributed by atoms with Crippen LogP contribution in [-0.2, 0) is 9.53 Å². The van der Waals surface area contributed by atoms with Crippen LogP contribution in [0.4, 0.5) is 5.69 Å². The standard InChI is InChI=1S/C18H18ClNO5/c1-11-4-7-15(14(19)8-11)20-17(21)10-25-18(22)13-6-5-12(23-2)9-16(13)24-3/h4-9H,10H2,1-3H3,(H,20,21). The summed E-state index contributed by atoms with van der Waals surface area (Å²) < 4.78 is 15.2. The van der Waals surface area contributed by atoms with Crippen molar-refractivity contribution in [1.82, 2.24) is 0 Å². The van der Waals surface area contributed by atoms with Gasteiger partial charge in [0, 0.05) is 6.07 Å². The molecule has 132 valence electrons. The zero-order chi connectivity index (χ0) is 18.4. The lowest BCUT2D eigenvalue weighted by Gasteiger charge is -2.11. The van der Waals surface area contributed by atoms with Crippen LogP contribution in [0, 0.1) is 6.92 Å². The van der Waals surface area contributed by atoms with E-state index in [2.05, 4.69) is 5.32 Å². The van der Waals surface area contributed by atoms with Crippen LogP contribution in [0.2, 0.25) is 5.02 Å². The molecule has 0 heterocycles. The first-order valence-corrected chi connectivity index (χ1v) is 7.77. The molecule has 0 aliphatic carbocycles. The molecule has 0 saturated heterocycles. The number of ether oxygens (including phenoxy) is 3. The fraction of sp³-hybridized carbons (Fsp3) is 0.222. The predicted octanol–water partition coefficient (Wildman–Crippen LogP) is 3.46. The molecular weight excluding hydrogens is 346 g/mol. The van der Waals surface area contributed by atoms with E-state index in [-0.39, 0.29) is 5.56 Å². The van der Waals surface area contributed by atoms with Gasteiger partial charge in [-0.3, -0.25) is 4.79 Å². The number of aryl methyl sites for hydroxylation is 1. The first kappa shape index (κ1) is 18.6. The van der Waals surface area contributed by atoms with Crippen LogP contribution in [0.15, 0.2) is 36.4 Å². The number of carbonyl (C=O) groups excluding carboxylic acids is 2. The largest absolute Gasteiger partial charge is 0.497 e. The number of halogens is 1. The Morgan fingerprint density at radius 1 is 1.08 bits per heavy atom. The van der Waals surface area contributed by atoms with Gasteiger partial charge in [-0.05, 0) is 36.8 Å². The molecule has 0 aliphatic heterocycles. The van der Waals surface area contributed by atoms with Crippen LogP contribution in [-0.4, -0.2) is 32.7 Å². The number of hydrogen-bond donors (Lipinski definition) is 1. The number of nitrogens with one attached hydrogen (secondary N) is 1. The third kappa shape index (κ3) is 4.87. The van der Waals surface area contributed by atoms with Gasteiger partial charge in [0.05, 0.1) is 24.9 Å². The molecule has 0 bridgehead atoms. The number of anilines is 1. The monoisotopic (exact) mass is 363 g/mol. The third-order valence-corrected chi connectivity index (χ3v) is 3.67. The highest BCUT2D eigenvalue weighted by atomic mass is 35.5. The first-order chi connectivity index (χ1) is 11.9. The normalized spacial score (nSPS) is 10.1. The van der Waals surface area contributed by atoms with E-state index in [1.165, 1.54) is 20.3 Å². The number of rotatable bonds is 6. The van der Waals surface area contributed by atoms with Crippen molar-refractivity contribution in [3.8, 4) is 11.5 Å². The molecule has 2 aromatic carbocycles. The van der Waals surface area contributed by atoms with E-state index in [1.54, 1.807) is 24.3 Å². The van der Waals surface area contributed by atoms with Gasteiger partial charge in [-0.2, -0.15) is 0 Å². The van der Waals surface area contributed by atoms with Crippen LogP contribution in [0.25, 0.3) is 0 Å². The molecule has 0 atom stereocenters. The summed E-state index contributed by atoms with van der Waals surface area (Å²) in [7, 11) is 2.94. The Morgan fingerprint density at radius 3 is 2.48 bits per heavy atom. The molecule has 2 aromatic rings. The Balaban J connectivity index is 1.98. The number of methoxy groups -OCH3 is 2. The number of hydrogen-bond acceptors (Lipinski definition) is 5. The Bertz CT molecular complexity index is 791.